The minimum absolute atomic E-state index is 0.175. The van der Waals surface area contributed by atoms with Crippen LogP contribution in [0.5, 0.6) is 0 Å². The van der Waals surface area contributed by atoms with Gasteiger partial charge in [0.25, 0.3) is 0 Å². The highest BCUT2D eigenvalue weighted by atomic mass is 32.2. The molecule has 1 aliphatic heterocycles. The molecule has 1 aliphatic rings. The molecule has 1 aromatic carbocycles. The number of hydrogen-bond acceptors (Lipinski definition) is 4. The van der Waals surface area contributed by atoms with Crippen LogP contribution in [0.25, 0.3) is 11.3 Å². The third kappa shape index (κ3) is 3.44. The lowest BCUT2D eigenvalue weighted by Gasteiger charge is -2.26. The average Bonchev–Trinajstić information content (AvgIpc) is 2.95. The first-order chi connectivity index (χ1) is 10.7. The normalized spacial score (nSPS) is 15.0. The number of carbonyl (C=O) groups excluding carboxylic acids is 1. The van der Waals surface area contributed by atoms with E-state index in [-0.39, 0.29) is 5.91 Å². The molecule has 0 unspecified atom stereocenters. The molecule has 1 aromatic heterocycles. The van der Waals surface area contributed by atoms with Gasteiger partial charge >= 0.3 is 0 Å². The predicted octanol–water partition coefficient (Wildman–Crippen LogP) is 2.37. The highest BCUT2D eigenvalue weighted by Gasteiger charge is 2.18. The molecule has 2 heterocycles. The second-order valence-corrected chi connectivity index (χ2v) is 6.35. The first kappa shape index (κ1) is 15.0. The Balaban J connectivity index is 1.63. The van der Waals surface area contributed by atoms with Crippen molar-refractivity contribution < 1.29 is 4.79 Å². The third-order valence-corrected chi connectivity index (χ3v) is 4.75. The maximum atomic E-state index is 12.2. The van der Waals surface area contributed by atoms with Gasteiger partial charge in [-0.05, 0) is 19.3 Å². The fourth-order valence-electron chi connectivity index (χ4n) is 2.59. The molecule has 2 N–H and O–H groups in total. The minimum atomic E-state index is 0.175. The lowest BCUT2D eigenvalue weighted by molar-refractivity contribution is -0.129. The molecule has 1 amide bonds. The zero-order valence-electron chi connectivity index (χ0n) is 12.4. The smallest absolute Gasteiger partial charge is 0.233 e. The summed E-state index contributed by atoms with van der Waals surface area (Å²) in [6.07, 6.45) is 5.24. The molecule has 0 atom stereocenters. The van der Waals surface area contributed by atoms with Crippen LogP contribution in [-0.4, -0.2) is 39.3 Å². The van der Waals surface area contributed by atoms with E-state index in [4.69, 9.17) is 5.84 Å². The fraction of sp³-hybridized carbons (Fsp3) is 0.375. The van der Waals surface area contributed by atoms with E-state index in [1.54, 1.807) is 6.20 Å². The van der Waals surface area contributed by atoms with Crippen LogP contribution in [0.1, 0.15) is 19.3 Å². The van der Waals surface area contributed by atoms with Crippen LogP contribution in [-0.2, 0) is 4.79 Å². The summed E-state index contributed by atoms with van der Waals surface area (Å²) in [6.45, 7) is 1.76. The second-order valence-electron chi connectivity index (χ2n) is 5.41. The minimum Gasteiger partial charge on any atom is -0.342 e. The molecule has 0 bridgehead atoms. The number of thioether (sulfide) groups is 1. The molecule has 0 saturated carbocycles. The van der Waals surface area contributed by atoms with Crippen LogP contribution in [0.2, 0.25) is 0 Å². The molecule has 0 radical (unpaired) electrons. The summed E-state index contributed by atoms with van der Waals surface area (Å²) in [7, 11) is 0. The van der Waals surface area contributed by atoms with Crippen LogP contribution >= 0.6 is 11.8 Å². The van der Waals surface area contributed by atoms with E-state index in [0.29, 0.717) is 10.9 Å². The predicted molar refractivity (Wildman–Crippen MR) is 89.0 cm³/mol. The molecule has 6 heteroatoms. The van der Waals surface area contributed by atoms with Crippen molar-refractivity contribution in [3.05, 3.63) is 36.5 Å². The lowest BCUT2D eigenvalue weighted by Crippen LogP contribution is -2.36. The van der Waals surface area contributed by atoms with Gasteiger partial charge in [-0.15, -0.1) is 0 Å². The van der Waals surface area contributed by atoms with Crippen molar-refractivity contribution in [1.82, 2.24) is 14.6 Å². The van der Waals surface area contributed by atoms with Gasteiger partial charge < -0.3 is 10.7 Å². The van der Waals surface area contributed by atoms with Crippen molar-refractivity contribution in [2.45, 2.75) is 24.4 Å². The summed E-state index contributed by atoms with van der Waals surface area (Å²) in [5, 5.41) is 0.671. The van der Waals surface area contributed by atoms with Crippen molar-refractivity contribution in [1.29, 1.82) is 0 Å². The number of aromatic nitrogens is 2. The largest absolute Gasteiger partial charge is 0.342 e. The van der Waals surface area contributed by atoms with E-state index in [9.17, 15) is 4.79 Å². The summed E-state index contributed by atoms with van der Waals surface area (Å²) in [6, 6.07) is 9.90. The number of amides is 1. The number of carbonyl (C=O) groups is 1. The highest BCUT2D eigenvalue weighted by molar-refractivity contribution is 7.99. The van der Waals surface area contributed by atoms with E-state index in [2.05, 4.69) is 4.98 Å². The Labute approximate surface area is 134 Å². The van der Waals surface area contributed by atoms with Crippen molar-refractivity contribution >= 4 is 17.7 Å². The summed E-state index contributed by atoms with van der Waals surface area (Å²) in [5.41, 5.74) is 1.85. The summed E-state index contributed by atoms with van der Waals surface area (Å²) >= 11 is 1.40. The van der Waals surface area contributed by atoms with Gasteiger partial charge in [0.1, 0.15) is 0 Å². The molecule has 3 rings (SSSR count). The number of benzene rings is 1. The van der Waals surface area contributed by atoms with Crippen molar-refractivity contribution in [2.75, 3.05) is 24.7 Å². The number of hydrogen-bond donors (Lipinski definition) is 1. The SMILES string of the molecule is Nn1cc(-c2ccccc2)nc1SCC(=O)N1CCCCC1. The number of likely N-dealkylation sites (tertiary alicyclic amines) is 1. The van der Waals surface area contributed by atoms with Crippen molar-refractivity contribution in [3.8, 4) is 11.3 Å². The van der Waals surface area contributed by atoms with Crippen molar-refractivity contribution in [2.24, 2.45) is 0 Å². The highest BCUT2D eigenvalue weighted by Crippen LogP contribution is 2.23. The quantitative estimate of drug-likeness (QED) is 0.695. The second kappa shape index (κ2) is 6.87. The number of rotatable bonds is 4. The van der Waals surface area contributed by atoms with Gasteiger partial charge in [0.2, 0.25) is 5.91 Å². The van der Waals surface area contributed by atoms with Crippen LogP contribution < -0.4 is 5.84 Å². The monoisotopic (exact) mass is 316 g/mol. The van der Waals surface area contributed by atoms with E-state index in [1.165, 1.54) is 22.9 Å². The Morgan fingerprint density at radius 2 is 1.91 bits per heavy atom. The summed E-state index contributed by atoms with van der Waals surface area (Å²) < 4.78 is 1.50. The maximum absolute atomic E-state index is 12.2. The van der Waals surface area contributed by atoms with Gasteiger partial charge in [0, 0.05) is 18.7 Å². The van der Waals surface area contributed by atoms with E-state index < -0.39 is 0 Å². The van der Waals surface area contributed by atoms with E-state index >= 15 is 0 Å². The lowest BCUT2D eigenvalue weighted by atomic mass is 10.1. The molecular formula is C16H20N4OS. The number of piperidine rings is 1. The summed E-state index contributed by atoms with van der Waals surface area (Å²) in [5.74, 6) is 6.52. The Hall–Kier alpha value is -1.95. The molecule has 1 saturated heterocycles. The molecule has 5 nitrogen and oxygen atoms in total. The van der Waals surface area contributed by atoms with Gasteiger partial charge in [-0.1, -0.05) is 42.1 Å². The van der Waals surface area contributed by atoms with Crippen LogP contribution in [0.3, 0.4) is 0 Å². The summed E-state index contributed by atoms with van der Waals surface area (Å²) in [4.78, 5) is 18.7. The van der Waals surface area contributed by atoms with Gasteiger partial charge in [0.05, 0.1) is 17.6 Å². The van der Waals surface area contributed by atoms with Gasteiger partial charge in [0.15, 0.2) is 5.16 Å². The topological polar surface area (TPSA) is 64.2 Å². The molecule has 22 heavy (non-hydrogen) atoms. The Kier molecular flexibility index (Phi) is 4.68. The van der Waals surface area contributed by atoms with Crippen LogP contribution in [0, 0.1) is 0 Å². The van der Waals surface area contributed by atoms with Gasteiger partial charge in [-0.3, -0.25) is 4.79 Å². The molecule has 1 fully saturated rings. The van der Waals surface area contributed by atoms with Gasteiger partial charge in [-0.25, -0.2) is 9.66 Å². The standard InChI is InChI=1S/C16H20N4OS/c17-20-11-14(13-7-3-1-4-8-13)18-16(20)22-12-15(21)19-9-5-2-6-10-19/h1,3-4,7-8,11H,2,5-6,9-10,12,17H2. The Morgan fingerprint density at radius 3 is 2.64 bits per heavy atom. The molecule has 0 spiro atoms. The molecule has 116 valence electrons. The number of imidazole rings is 1. The number of nitrogens with two attached hydrogens (primary N) is 1. The Bertz CT molecular complexity index is 635. The first-order valence-electron chi connectivity index (χ1n) is 7.54. The van der Waals surface area contributed by atoms with Crippen LogP contribution in [0.15, 0.2) is 41.7 Å². The van der Waals surface area contributed by atoms with Gasteiger partial charge in [-0.2, -0.15) is 0 Å². The number of nitrogen functional groups attached to an aromatic ring is 1. The zero-order chi connectivity index (χ0) is 15.4. The first-order valence-corrected chi connectivity index (χ1v) is 8.53. The van der Waals surface area contributed by atoms with Crippen LogP contribution in [0.4, 0.5) is 0 Å². The Morgan fingerprint density at radius 1 is 1.18 bits per heavy atom. The zero-order valence-corrected chi connectivity index (χ0v) is 13.3. The molecule has 0 aliphatic carbocycles. The molecule has 2 aromatic rings. The van der Waals surface area contributed by atoms with Crippen molar-refractivity contribution in [3.63, 3.8) is 0 Å². The fourth-order valence-corrected chi connectivity index (χ4v) is 3.39. The van der Waals surface area contributed by atoms with E-state index in [0.717, 1.165) is 37.2 Å². The average molecular weight is 316 g/mol. The number of nitrogens with zero attached hydrogens (tertiary/aromatic N) is 3. The third-order valence-electron chi connectivity index (χ3n) is 3.80. The maximum Gasteiger partial charge on any atom is 0.233 e. The molecular weight excluding hydrogens is 296 g/mol. The van der Waals surface area contributed by atoms with E-state index in [1.807, 2.05) is 35.2 Å².